The number of thiazole rings is 1. The Kier molecular flexibility index (Phi) is 3.26. The molecule has 0 unspecified atom stereocenters. The van der Waals surface area contributed by atoms with Crippen molar-refractivity contribution in [1.82, 2.24) is 4.98 Å². The highest BCUT2D eigenvalue weighted by molar-refractivity contribution is 7.16. The minimum Gasteiger partial charge on any atom is -0.456 e. The molecule has 86 valence electrons. The van der Waals surface area contributed by atoms with Crippen LogP contribution in [0.5, 0.6) is 0 Å². The van der Waals surface area contributed by atoms with E-state index in [1.807, 2.05) is 0 Å². The SMILES string of the molecule is CCOC(=O)C#Cc1ccc2[nH]c(=O)sc2c1. The van der Waals surface area contributed by atoms with Crippen molar-refractivity contribution in [3.8, 4) is 11.8 Å². The van der Waals surface area contributed by atoms with Crippen molar-refractivity contribution >= 4 is 27.5 Å². The van der Waals surface area contributed by atoms with Crippen LogP contribution in [-0.4, -0.2) is 17.6 Å². The molecule has 0 bridgehead atoms. The number of benzene rings is 1. The number of aromatic amines is 1. The van der Waals surface area contributed by atoms with Crippen molar-refractivity contribution in [1.29, 1.82) is 0 Å². The van der Waals surface area contributed by atoms with Crippen LogP contribution in [0.1, 0.15) is 12.5 Å². The second-order valence-electron chi connectivity index (χ2n) is 3.20. The summed E-state index contributed by atoms with van der Waals surface area (Å²) in [5.74, 6) is 4.53. The molecule has 5 heteroatoms. The maximum Gasteiger partial charge on any atom is 0.384 e. The van der Waals surface area contributed by atoms with Gasteiger partial charge in [-0.25, -0.2) is 4.79 Å². The molecule has 0 radical (unpaired) electrons. The van der Waals surface area contributed by atoms with Gasteiger partial charge in [0.05, 0.1) is 16.8 Å². The monoisotopic (exact) mass is 247 g/mol. The standard InChI is InChI=1S/C12H9NO3S/c1-2-16-11(14)6-4-8-3-5-9-10(7-8)17-12(15)13-9/h3,5,7H,2H2,1H3,(H,13,15). The summed E-state index contributed by atoms with van der Waals surface area (Å²) >= 11 is 1.12. The molecular weight excluding hydrogens is 238 g/mol. The average Bonchev–Trinajstić information content (AvgIpc) is 2.66. The van der Waals surface area contributed by atoms with Crippen molar-refractivity contribution in [2.75, 3.05) is 6.61 Å². The fourth-order valence-electron chi connectivity index (χ4n) is 1.31. The normalized spacial score (nSPS) is 9.71. The van der Waals surface area contributed by atoms with E-state index >= 15 is 0 Å². The topological polar surface area (TPSA) is 59.2 Å². The van der Waals surface area contributed by atoms with E-state index in [0.29, 0.717) is 12.2 Å². The Hall–Kier alpha value is -2.06. The number of carbonyl (C=O) groups is 1. The highest BCUT2D eigenvalue weighted by atomic mass is 32.1. The second-order valence-corrected chi connectivity index (χ2v) is 4.21. The van der Waals surface area contributed by atoms with Gasteiger partial charge in [-0.2, -0.15) is 0 Å². The van der Waals surface area contributed by atoms with E-state index in [4.69, 9.17) is 0 Å². The summed E-state index contributed by atoms with van der Waals surface area (Å²) in [5.41, 5.74) is 1.46. The third-order valence-corrected chi connectivity index (χ3v) is 2.85. The molecule has 2 rings (SSSR count). The molecule has 1 aromatic carbocycles. The van der Waals surface area contributed by atoms with Crippen LogP contribution in [0, 0.1) is 11.8 Å². The van der Waals surface area contributed by atoms with E-state index in [2.05, 4.69) is 21.6 Å². The van der Waals surface area contributed by atoms with E-state index < -0.39 is 5.97 Å². The van der Waals surface area contributed by atoms with Crippen LogP contribution in [0.3, 0.4) is 0 Å². The van der Waals surface area contributed by atoms with Gasteiger partial charge < -0.3 is 9.72 Å². The summed E-state index contributed by atoms with van der Waals surface area (Å²) in [6.45, 7) is 2.04. The summed E-state index contributed by atoms with van der Waals surface area (Å²) in [6, 6.07) is 5.28. The van der Waals surface area contributed by atoms with Gasteiger partial charge in [-0.1, -0.05) is 17.3 Å². The highest BCUT2D eigenvalue weighted by Gasteiger charge is 1.99. The molecule has 17 heavy (non-hydrogen) atoms. The van der Waals surface area contributed by atoms with E-state index in [0.717, 1.165) is 21.6 Å². The second kappa shape index (κ2) is 4.85. The Bertz CT molecular complexity index is 672. The predicted molar refractivity (Wildman–Crippen MR) is 66.0 cm³/mol. The first-order chi connectivity index (χ1) is 8.19. The predicted octanol–water partition coefficient (Wildman–Crippen LogP) is 1.50. The van der Waals surface area contributed by atoms with Gasteiger partial charge in [-0.15, -0.1) is 0 Å². The molecular formula is C12H9NO3S. The van der Waals surface area contributed by atoms with Crippen LogP contribution in [-0.2, 0) is 9.53 Å². The number of ether oxygens (including phenoxy) is 1. The highest BCUT2D eigenvalue weighted by Crippen LogP contribution is 2.15. The van der Waals surface area contributed by atoms with Crippen molar-refractivity contribution in [2.45, 2.75) is 6.92 Å². The molecule has 0 spiro atoms. The van der Waals surface area contributed by atoms with Crippen LogP contribution in [0.4, 0.5) is 0 Å². The molecule has 1 aromatic heterocycles. The Morgan fingerprint density at radius 2 is 2.35 bits per heavy atom. The lowest BCUT2D eigenvalue weighted by Gasteiger charge is -1.92. The zero-order valence-electron chi connectivity index (χ0n) is 9.07. The average molecular weight is 247 g/mol. The van der Waals surface area contributed by atoms with E-state index in [1.54, 1.807) is 25.1 Å². The molecule has 1 heterocycles. The number of esters is 1. The van der Waals surface area contributed by atoms with Crippen molar-refractivity contribution in [3.63, 3.8) is 0 Å². The molecule has 2 aromatic rings. The van der Waals surface area contributed by atoms with Gasteiger partial charge in [0.1, 0.15) is 0 Å². The smallest absolute Gasteiger partial charge is 0.384 e. The Balaban J connectivity index is 2.30. The third kappa shape index (κ3) is 2.74. The number of hydrogen-bond donors (Lipinski definition) is 1. The molecule has 0 atom stereocenters. The number of H-pyrrole nitrogens is 1. The summed E-state index contributed by atoms with van der Waals surface area (Å²) < 4.78 is 5.51. The molecule has 1 N–H and O–H groups in total. The summed E-state index contributed by atoms with van der Waals surface area (Å²) in [6.07, 6.45) is 0. The minimum absolute atomic E-state index is 0.101. The van der Waals surface area contributed by atoms with Crippen molar-refractivity contribution in [2.24, 2.45) is 0 Å². The fourth-order valence-corrected chi connectivity index (χ4v) is 2.09. The first-order valence-corrected chi connectivity index (χ1v) is 5.82. The summed E-state index contributed by atoms with van der Waals surface area (Å²) in [7, 11) is 0. The molecule has 0 aliphatic carbocycles. The van der Waals surface area contributed by atoms with Gasteiger partial charge >= 0.3 is 10.8 Å². The number of fused-ring (bicyclic) bond motifs is 1. The van der Waals surface area contributed by atoms with Crippen LogP contribution in [0.25, 0.3) is 10.2 Å². The van der Waals surface area contributed by atoms with Gasteiger partial charge in [0.15, 0.2) is 0 Å². The van der Waals surface area contributed by atoms with Gasteiger partial charge in [0.2, 0.25) is 0 Å². The summed E-state index contributed by atoms with van der Waals surface area (Å²) in [4.78, 5) is 24.7. The van der Waals surface area contributed by atoms with Gasteiger partial charge in [0, 0.05) is 11.5 Å². The molecule has 0 saturated carbocycles. The molecule has 0 amide bonds. The number of rotatable bonds is 1. The maximum absolute atomic E-state index is 11.1. The third-order valence-electron chi connectivity index (χ3n) is 2.01. The Labute approximate surface area is 101 Å². The van der Waals surface area contributed by atoms with Crippen molar-refractivity contribution < 1.29 is 9.53 Å². The molecule has 0 fully saturated rings. The zero-order valence-corrected chi connectivity index (χ0v) is 9.89. The number of carbonyl (C=O) groups excluding carboxylic acids is 1. The molecule has 4 nitrogen and oxygen atoms in total. The first-order valence-electron chi connectivity index (χ1n) is 5.00. The van der Waals surface area contributed by atoms with Gasteiger partial charge in [-0.3, -0.25) is 4.79 Å². The molecule has 0 saturated heterocycles. The van der Waals surface area contributed by atoms with Crippen molar-refractivity contribution in [3.05, 3.63) is 33.4 Å². The maximum atomic E-state index is 11.1. The number of nitrogens with one attached hydrogen (secondary N) is 1. The Morgan fingerprint density at radius 1 is 1.53 bits per heavy atom. The van der Waals surface area contributed by atoms with E-state index in [9.17, 15) is 9.59 Å². The van der Waals surface area contributed by atoms with Crippen LogP contribution < -0.4 is 4.87 Å². The van der Waals surface area contributed by atoms with Gasteiger partial charge in [0.25, 0.3) is 0 Å². The quantitative estimate of drug-likeness (QED) is 0.613. The molecule has 0 aliphatic heterocycles. The van der Waals surface area contributed by atoms with E-state index in [1.165, 1.54) is 0 Å². The minimum atomic E-state index is -0.546. The lowest BCUT2D eigenvalue weighted by atomic mass is 10.2. The Morgan fingerprint density at radius 3 is 3.12 bits per heavy atom. The lowest BCUT2D eigenvalue weighted by molar-refractivity contribution is -0.136. The number of hydrogen-bond acceptors (Lipinski definition) is 4. The van der Waals surface area contributed by atoms with Crippen LogP contribution >= 0.6 is 11.3 Å². The summed E-state index contributed by atoms with van der Waals surface area (Å²) in [5, 5.41) is 0. The van der Waals surface area contributed by atoms with E-state index in [-0.39, 0.29) is 4.87 Å². The molecule has 0 aliphatic rings. The fraction of sp³-hybridized carbons (Fsp3) is 0.167. The van der Waals surface area contributed by atoms with Crippen LogP contribution in [0.15, 0.2) is 23.0 Å². The zero-order chi connectivity index (χ0) is 12.3. The largest absolute Gasteiger partial charge is 0.456 e. The number of aromatic nitrogens is 1. The first kappa shape index (κ1) is 11.4. The van der Waals surface area contributed by atoms with Gasteiger partial charge in [-0.05, 0) is 25.1 Å². The lowest BCUT2D eigenvalue weighted by Crippen LogP contribution is -1.99. The van der Waals surface area contributed by atoms with Crippen LogP contribution in [0.2, 0.25) is 0 Å².